The molecule has 2 aromatic rings. The van der Waals surface area contributed by atoms with Crippen LogP contribution in [0.1, 0.15) is 16.8 Å². The van der Waals surface area contributed by atoms with Crippen LogP contribution in [0.25, 0.3) is 0 Å². The van der Waals surface area contributed by atoms with Gasteiger partial charge in [0.2, 0.25) is 0 Å². The minimum absolute atomic E-state index is 0.872. The number of nitrogens with one attached hydrogen (secondary N) is 1. The molecule has 2 aromatic heterocycles. The van der Waals surface area contributed by atoms with Gasteiger partial charge in [-0.25, -0.2) is 4.98 Å². The van der Waals surface area contributed by atoms with Gasteiger partial charge in [0.25, 0.3) is 0 Å². The third-order valence-corrected chi connectivity index (χ3v) is 3.54. The van der Waals surface area contributed by atoms with Crippen LogP contribution in [-0.4, -0.2) is 21.5 Å². The van der Waals surface area contributed by atoms with E-state index in [0.717, 1.165) is 43.4 Å². The summed E-state index contributed by atoms with van der Waals surface area (Å²) in [4.78, 5) is 15.5. The molecule has 0 saturated carbocycles. The minimum Gasteiger partial charge on any atom is -0.368 e. The standard InChI is InChI=1S/C13H13N5/c1-3-14-5-10-8-18(7-9(1)10)12-6-16-11-2-4-15-13(11)17-12/h1,3,5-6H,2,4,7-8H2,(H,15,17). The van der Waals surface area contributed by atoms with Crippen LogP contribution in [0.2, 0.25) is 0 Å². The van der Waals surface area contributed by atoms with Crippen molar-refractivity contribution in [2.45, 2.75) is 19.5 Å². The average molecular weight is 239 g/mol. The first-order valence-electron chi connectivity index (χ1n) is 6.17. The predicted octanol–water partition coefficient (Wildman–Crippen LogP) is 1.36. The first kappa shape index (κ1) is 9.82. The monoisotopic (exact) mass is 239 g/mol. The van der Waals surface area contributed by atoms with Crippen LogP contribution in [0, 0.1) is 0 Å². The number of pyridine rings is 1. The van der Waals surface area contributed by atoms with E-state index in [4.69, 9.17) is 0 Å². The summed E-state index contributed by atoms with van der Waals surface area (Å²) in [5.74, 6) is 1.89. The summed E-state index contributed by atoms with van der Waals surface area (Å²) in [5.41, 5.74) is 3.70. The normalized spacial score (nSPS) is 16.3. The Kier molecular flexibility index (Phi) is 2.00. The zero-order chi connectivity index (χ0) is 11.9. The first-order chi connectivity index (χ1) is 8.90. The molecular weight excluding hydrogens is 226 g/mol. The molecule has 0 unspecified atom stereocenters. The molecule has 0 amide bonds. The van der Waals surface area contributed by atoms with E-state index in [2.05, 4.69) is 31.2 Å². The molecule has 0 fully saturated rings. The molecule has 0 spiro atoms. The van der Waals surface area contributed by atoms with Crippen LogP contribution in [0.4, 0.5) is 11.6 Å². The van der Waals surface area contributed by atoms with Gasteiger partial charge in [-0.05, 0) is 17.2 Å². The van der Waals surface area contributed by atoms with Crippen molar-refractivity contribution >= 4 is 11.6 Å². The Morgan fingerprint density at radius 3 is 3.06 bits per heavy atom. The van der Waals surface area contributed by atoms with E-state index in [-0.39, 0.29) is 0 Å². The molecule has 2 aliphatic rings. The zero-order valence-electron chi connectivity index (χ0n) is 9.93. The first-order valence-corrected chi connectivity index (χ1v) is 6.17. The highest BCUT2D eigenvalue weighted by atomic mass is 15.2. The number of fused-ring (bicyclic) bond motifs is 2. The van der Waals surface area contributed by atoms with Crippen molar-refractivity contribution in [3.63, 3.8) is 0 Å². The van der Waals surface area contributed by atoms with Gasteiger partial charge >= 0.3 is 0 Å². The molecule has 0 aliphatic carbocycles. The Morgan fingerprint density at radius 2 is 2.11 bits per heavy atom. The lowest BCUT2D eigenvalue weighted by Crippen LogP contribution is -2.16. The number of aromatic nitrogens is 3. The molecule has 5 nitrogen and oxygen atoms in total. The van der Waals surface area contributed by atoms with Gasteiger partial charge in [-0.3, -0.25) is 9.97 Å². The smallest absolute Gasteiger partial charge is 0.150 e. The average Bonchev–Trinajstić information content (AvgIpc) is 3.04. The minimum atomic E-state index is 0.872. The van der Waals surface area contributed by atoms with Crippen molar-refractivity contribution in [3.05, 3.63) is 41.5 Å². The maximum Gasteiger partial charge on any atom is 0.150 e. The second-order valence-corrected chi connectivity index (χ2v) is 4.70. The summed E-state index contributed by atoms with van der Waals surface area (Å²) in [7, 11) is 0. The number of hydrogen-bond acceptors (Lipinski definition) is 5. The van der Waals surface area contributed by atoms with Crippen molar-refractivity contribution in [1.82, 2.24) is 15.0 Å². The number of anilines is 2. The van der Waals surface area contributed by atoms with Crippen molar-refractivity contribution in [2.24, 2.45) is 0 Å². The van der Waals surface area contributed by atoms with Crippen molar-refractivity contribution in [3.8, 4) is 0 Å². The summed E-state index contributed by atoms with van der Waals surface area (Å²) in [6.45, 7) is 2.71. The third kappa shape index (κ3) is 1.44. The van der Waals surface area contributed by atoms with E-state index in [1.807, 2.05) is 18.6 Å². The molecule has 0 bridgehead atoms. The lowest BCUT2D eigenvalue weighted by molar-refractivity contribution is 0.849. The zero-order valence-corrected chi connectivity index (χ0v) is 9.93. The Bertz CT molecular complexity index is 585. The van der Waals surface area contributed by atoms with Crippen LogP contribution in [0.5, 0.6) is 0 Å². The Hall–Kier alpha value is -2.17. The topological polar surface area (TPSA) is 53.9 Å². The van der Waals surface area contributed by atoms with Gasteiger partial charge in [0.15, 0.2) is 0 Å². The fraction of sp³-hybridized carbons (Fsp3) is 0.308. The molecule has 5 heteroatoms. The van der Waals surface area contributed by atoms with Crippen LogP contribution >= 0.6 is 0 Å². The number of nitrogens with zero attached hydrogens (tertiary/aromatic N) is 4. The molecule has 0 saturated heterocycles. The van der Waals surface area contributed by atoms with Gasteiger partial charge < -0.3 is 10.2 Å². The molecule has 0 aromatic carbocycles. The maximum atomic E-state index is 4.65. The molecular formula is C13H13N5. The molecule has 0 radical (unpaired) electrons. The summed E-state index contributed by atoms with van der Waals surface area (Å²) in [6.07, 6.45) is 6.64. The molecule has 4 heterocycles. The predicted molar refractivity (Wildman–Crippen MR) is 68.3 cm³/mol. The van der Waals surface area contributed by atoms with Crippen molar-refractivity contribution in [1.29, 1.82) is 0 Å². The Morgan fingerprint density at radius 1 is 1.17 bits per heavy atom. The lowest BCUT2D eigenvalue weighted by atomic mass is 10.2. The second kappa shape index (κ2) is 3.66. The van der Waals surface area contributed by atoms with Crippen LogP contribution < -0.4 is 10.2 Å². The van der Waals surface area contributed by atoms with E-state index in [1.54, 1.807) is 0 Å². The summed E-state index contributed by atoms with van der Waals surface area (Å²) >= 11 is 0. The second-order valence-electron chi connectivity index (χ2n) is 4.70. The molecule has 1 N–H and O–H groups in total. The van der Waals surface area contributed by atoms with Crippen LogP contribution in [-0.2, 0) is 19.5 Å². The summed E-state index contributed by atoms with van der Waals surface area (Å²) in [6, 6.07) is 2.08. The highest BCUT2D eigenvalue weighted by Crippen LogP contribution is 2.28. The summed E-state index contributed by atoms with van der Waals surface area (Å²) < 4.78 is 0. The quantitative estimate of drug-likeness (QED) is 0.814. The SMILES string of the molecule is c1cc2c(cn1)CN(c1cnc3c(n1)NCC3)C2. The Labute approximate surface area is 105 Å². The van der Waals surface area contributed by atoms with Crippen LogP contribution in [0.3, 0.4) is 0 Å². The van der Waals surface area contributed by atoms with Gasteiger partial charge in [-0.15, -0.1) is 0 Å². The van der Waals surface area contributed by atoms with E-state index < -0.39 is 0 Å². The largest absolute Gasteiger partial charge is 0.368 e. The molecule has 2 aliphatic heterocycles. The molecule has 0 atom stereocenters. The van der Waals surface area contributed by atoms with Gasteiger partial charge in [0, 0.05) is 38.4 Å². The van der Waals surface area contributed by atoms with E-state index in [0.29, 0.717) is 0 Å². The van der Waals surface area contributed by atoms with E-state index in [1.165, 1.54) is 11.1 Å². The van der Waals surface area contributed by atoms with Gasteiger partial charge in [0.05, 0.1) is 11.9 Å². The number of rotatable bonds is 1. The van der Waals surface area contributed by atoms with Crippen LogP contribution in [0.15, 0.2) is 24.7 Å². The third-order valence-electron chi connectivity index (χ3n) is 3.54. The highest BCUT2D eigenvalue weighted by molar-refractivity contribution is 5.53. The van der Waals surface area contributed by atoms with Crippen molar-refractivity contribution in [2.75, 3.05) is 16.8 Å². The fourth-order valence-electron chi connectivity index (χ4n) is 2.56. The van der Waals surface area contributed by atoms with Gasteiger partial charge in [-0.1, -0.05) is 0 Å². The molecule has 18 heavy (non-hydrogen) atoms. The molecule has 90 valence electrons. The Balaban J connectivity index is 1.66. The molecule has 4 rings (SSSR count). The van der Waals surface area contributed by atoms with Crippen molar-refractivity contribution < 1.29 is 0 Å². The highest BCUT2D eigenvalue weighted by Gasteiger charge is 2.22. The maximum absolute atomic E-state index is 4.65. The van der Waals surface area contributed by atoms with E-state index >= 15 is 0 Å². The van der Waals surface area contributed by atoms with Gasteiger partial charge in [0.1, 0.15) is 11.6 Å². The number of hydrogen-bond donors (Lipinski definition) is 1. The van der Waals surface area contributed by atoms with Gasteiger partial charge in [-0.2, -0.15) is 0 Å². The lowest BCUT2D eigenvalue weighted by Gasteiger charge is -2.16. The summed E-state index contributed by atoms with van der Waals surface area (Å²) in [5, 5.41) is 3.27. The van der Waals surface area contributed by atoms with E-state index in [9.17, 15) is 0 Å². The fourth-order valence-corrected chi connectivity index (χ4v) is 2.56.